The Bertz CT molecular complexity index is 755. The fourth-order valence-electron chi connectivity index (χ4n) is 2.99. The summed E-state index contributed by atoms with van der Waals surface area (Å²) in [5, 5.41) is 2.80. The first-order valence-electron chi connectivity index (χ1n) is 8.97. The molecular weight excluding hydrogens is 328 g/mol. The van der Waals surface area contributed by atoms with Gasteiger partial charge in [-0.1, -0.05) is 19.1 Å². The van der Waals surface area contributed by atoms with Crippen molar-refractivity contribution in [3.05, 3.63) is 59.9 Å². The summed E-state index contributed by atoms with van der Waals surface area (Å²) in [5.74, 6) is -0.0483. The minimum Gasteiger partial charge on any atom is -0.336 e. The van der Waals surface area contributed by atoms with Crippen LogP contribution in [0.15, 0.2) is 48.7 Å². The van der Waals surface area contributed by atoms with Crippen molar-refractivity contribution in [1.82, 2.24) is 14.8 Å². The van der Waals surface area contributed by atoms with Gasteiger partial charge in [0, 0.05) is 56.6 Å². The lowest BCUT2D eigenvalue weighted by Crippen LogP contribution is -2.48. The number of hydrogen-bond donors (Lipinski definition) is 1. The highest BCUT2D eigenvalue weighted by atomic mass is 16.2. The van der Waals surface area contributed by atoms with E-state index in [2.05, 4.69) is 15.2 Å². The van der Waals surface area contributed by atoms with Gasteiger partial charge in [0.1, 0.15) is 0 Å². The van der Waals surface area contributed by atoms with Crippen molar-refractivity contribution < 1.29 is 9.59 Å². The smallest absolute Gasteiger partial charge is 0.254 e. The monoisotopic (exact) mass is 352 g/mol. The highest BCUT2D eigenvalue weighted by molar-refractivity contribution is 5.97. The molecule has 2 aromatic rings. The second kappa shape index (κ2) is 8.58. The predicted molar refractivity (Wildman–Crippen MR) is 101 cm³/mol. The zero-order chi connectivity index (χ0) is 18.4. The minimum absolute atomic E-state index is 0.00934. The fraction of sp³-hybridized carbons (Fsp3) is 0.350. The van der Waals surface area contributed by atoms with Gasteiger partial charge in [-0.15, -0.1) is 0 Å². The summed E-state index contributed by atoms with van der Waals surface area (Å²) in [7, 11) is 0. The maximum absolute atomic E-state index is 12.8. The highest BCUT2D eigenvalue weighted by Gasteiger charge is 2.22. The molecule has 1 aliphatic heterocycles. The van der Waals surface area contributed by atoms with Gasteiger partial charge in [0.2, 0.25) is 5.91 Å². The molecule has 3 rings (SSSR count). The number of rotatable bonds is 5. The highest BCUT2D eigenvalue weighted by Crippen LogP contribution is 2.15. The third-order valence-corrected chi connectivity index (χ3v) is 4.49. The zero-order valence-corrected chi connectivity index (χ0v) is 15.0. The van der Waals surface area contributed by atoms with E-state index in [0.717, 1.165) is 25.3 Å². The molecule has 1 aromatic heterocycles. The van der Waals surface area contributed by atoms with Crippen LogP contribution in [0.1, 0.15) is 29.4 Å². The molecule has 26 heavy (non-hydrogen) atoms. The van der Waals surface area contributed by atoms with Crippen molar-refractivity contribution in [3.8, 4) is 0 Å². The second-order valence-corrected chi connectivity index (χ2v) is 6.37. The maximum atomic E-state index is 12.8. The third kappa shape index (κ3) is 4.67. The molecule has 0 saturated carbocycles. The van der Waals surface area contributed by atoms with Gasteiger partial charge in [-0.2, -0.15) is 0 Å². The van der Waals surface area contributed by atoms with E-state index in [1.54, 1.807) is 37.4 Å². The lowest BCUT2D eigenvalue weighted by atomic mass is 10.1. The Hall–Kier alpha value is -2.73. The van der Waals surface area contributed by atoms with E-state index >= 15 is 0 Å². The molecule has 1 saturated heterocycles. The normalized spacial score (nSPS) is 14.9. The molecular formula is C20H24N4O2. The van der Waals surface area contributed by atoms with Crippen molar-refractivity contribution in [2.45, 2.75) is 19.9 Å². The standard InChI is InChI=1S/C20H24N4O2/c1-2-19(25)22-17-8-5-6-16(14-17)20(26)24-12-10-23(11-13-24)15-18-7-3-4-9-21-18/h3-9,14H,2,10-13,15H2,1H3,(H,22,25). The molecule has 0 radical (unpaired) electrons. The Morgan fingerprint density at radius 3 is 2.58 bits per heavy atom. The largest absolute Gasteiger partial charge is 0.336 e. The Morgan fingerprint density at radius 1 is 1.08 bits per heavy atom. The number of amides is 2. The van der Waals surface area contributed by atoms with Crippen LogP contribution in [0.5, 0.6) is 0 Å². The first kappa shape index (κ1) is 18.1. The van der Waals surface area contributed by atoms with Crippen LogP contribution in [-0.4, -0.2) is 52.8 Å². The molecule has 136 valence electrons. The SMILES string of the molecule is CCC(=O)Nc1cccc(C(=O)N2CCN(Cc3ccccn3)CC2)c1. The first-order valence-corrected chi connectivity index (χ1v) is 8.97. The second-order valence-electron chi connectivity index (χ2n) is 6.37. The van der Waals surface area contributed by atoms with Crippen LogP contribution >= 0.6 is 0 Å². The van der Waals surface area contributed by atoms with E-state index < -0.39 is 0 Å². The van der Waals surface area contributed by atoms with Crippen LogP contribution in [0.4, 0.5) is 5.69 Å². The summed E-state index contributed by atoms with van der Waals surface area (Å²) >= 11 is 0. The summed E-state index contributed by atoms with van der Waals surface area (Å²) in [6.45, 7) is 5.65. The lowest BCUT2D eigenvalue weighted by Gasteiger charge is -2.34. The van der Waals surface area contributed by atoms with Gasteiger partial charge in [-0.3, -0.25) is 19.5 Å². The topological polar surface area (TPSA) is 65.5 Å². The van der Waals surface area contributed by atoms with Gasteiger partial charge in [-0.05, 0) is 30.3 Å². The molecule has 1 fully saturated rings. The average molecular weight is 352 g/mol. The number of nitrogens with one attached hydrogen (secondary N) is 1. The molecule has 0 bridgehead atoms. The van der Waals surface area contributed by atoms with Gasteiger partial charge < -0.3 is 10.2 Å². The molecule has 0 aliphatic carbocycles. The number of piperazine rings is 1. The Labute approximate surface area is 153 Å². The predicted octanol–water partition coefficient (Wildman–Crippen LogP) is 2.39. The van der Waals surface area contributed by atoms with E-state index in [4.69, 9.17) is 0 Å². The molecule has 6 heteroatoms. The van der Waals surface area contributed by atoms with E-state index in [0.29, 0.717) is 30.8 Å². The van der Waals surface area contributed by atoms with Crippen molar-refractivity contribution in [1.29, 1.82) is 0 Å². The molecule has 0 unspecified atom stereocenters. The first-order chi connectivity index (χ1) is 12.7. The van der Waals surface area contributed by atoms with E-state index in [9.17, 15) is 9.59 Å². The van der Waals surface area contributed by atoms with Crippen LogP contribution in [0.3, 0.4) is 0 Å². The van der Waals surface area contributed by atoms with Crippen LogP contribution in [-0.2, 0) is 11.3 Å². The summed E-state index contributed by atoms with van der Waals surface area (Å²) in [6, 6.07) is 13.1. The molecule has 0 spiro atoms. The number of carbonyl (C=O) groups excluding carboxylic acids is 2. The number of nitrogens with zero attached hydrogens (tertiary/aromatic N) is 3. The molecule has 2 amide bonds. The van der Waals surface area contributed by atoms with Crippen LogP contribution in [0.2, 0.25) is 0 Å². The molecule has 1 aliphatic rings. The Morgan fingerprint density at radius 2 is 1.88 bits per heavy atom. The number of pyridine rings is 1. The minimum atomic E-state index is -0.0577. The Kier molecular flexibility index (Phi) is 5.96. The number of benzene rings is 1. The van der Waals surface area contributed by atoms with Crippen molar-refractivity contribution >= 4 is 17.5 Å². The molecule has 6 nitrogen and oxygen atoms in total. The van der Waals surface area contributed by atoms with E-state index in [1.807, 2.05) is 23.1 Å². The molecule has 0 atom stereocenters. The van der Waals surface area contributed by atoms with Gasteiger partial charge in [-0.25, -0.2) is 0 Å². The number of aromatic nitrogens is 1. The summed E-state index contributed by atoms with van der Waals surface area (Å²) in [6.07, 6.45) is 2.22. The number of hydrogen-bond acceptors (Lipinski definition) is 4. The van der Waals surface area contributed by atoms with Gasteiger partial charge in [0.25, 0.3) is 5.91 Å². The van der Waals surface area contributed by atoms with Crippen LogP contribution in [0.25, 0.3) is 0 Å². The summed E-state index contributed by atoms with van der Waals surface area (Å²) in [4.78, 5) is 32.8. The summed E-state index contributed by atoms with van der Waals surface area (Å²) < 4.78 is 0. The maximum Gasteiger partial charge on any atom is 0.254 e. The molecule has 2 heterocycles. The fourth-order valence-corrected chi connectivity index (χ4v) is 2.99. The van der Waals surface area contributed by atoms with Crippen LogP contribution < -0.4 is 5.32 Å². The quantitative estimate of drug-likeness (QED) is 0.897. The van der Waals surface area contributed by atoms with E-state index in [1.165, 1.54) is 0 Å². The number of carbonyl (C=O) groups is 2. The van der Waals surface area contributed by atoms with Crippen LogP contribution in [0, 0.1) is 0 Å². The molecule has 1 aromatic carbocycles. The van der Waals surface area contributed by atoms with Crippen molar-refractivity contribution in [2.24, 2.45) is 0 Å². The summed E-state index contributed by atoms with van der Waals surface area (Å²) in [5.41, 5.74) is 2.32. The van der Waals surface area contributed by atoms with Crippen molar-refractivity contribution in [3.63, 3.8) is 0 Å². The van der Waals surface area contributed by atoms with Gasteiger partial charge in [0.15, 0.2) is 0 Å². The van der Waals surface area contributed by atoms with Crippen molar-refractivity contribution in [2.75, 3.05) is 31.5 Å². The van der Waals surface area contributed by atoms with Gasteiger partial charge in [0.05, 0.1) is 5.69 Å². The third-order valence-electron chi connectivity index (χ3n) is 4.49. The zero-order valence-electron chi connectivity index (χ0n) is 15.0. The average Bonchev–Trinajstić information content (AvgIpc) is 2.69. The Balaban J connectivity index is 1.56. The molecule has 1 N–H and O–H groups in total. The van der Waals surface area contributed by atoms with E-state index in [-0.39, 0.29) is 11.8 Å². The number of anilines is 1. The van der Waals surface area contributed by atoms with Gasteiger partial charge >= 0.3 is 0 Å². The lowest BCUT2D eigenvalue weighted by molar-refractivity contribution is -0.115.